The average Bonchev–Trinajstić information content (AvgIpc) is 3.66. The molecule has 0 radical (unpaired) electrons. The molecule has 0 unspecified atom stereocenters. The molecule has 4 nitrogen and oxygen atoms in total. The average molecular weight is 728 g/mol. The zero-order valence-electron chi connectivity index (χ0n) is 35.1. The first-order valence-corrected chi connectivity index (χ1v) is 18.7. The first kappa shape index (κ1) is 30.3. The van der Waals surface area contributed by atoms with E-state index in [9.17, 15) is 5.11 Å². The van der Waals surface area contributed by atoms with E-state index in [2.05, 4.69) is 77.4 Å². The Morgan fingerprint density at radius 2 is 1.20 bits per heavy atom. The van der Waals surface area contributed by atoms with Crippen LogP contribution in [0.5, 0.6) is 5.75 Å². The minimum absolute atomic E-state index is 0.114. The van der Waals surface area contributed by atoms with Crippen molar-refractivity contribution in [2.45, 2.75) is 26.6 Å². The van der Waals surface area contributed by atoms with Gasteiger partial charge in [0.1, 0.15) is 11.6 Å². The summed E-state index contributed by atoms with van der Waals surface area (Å²) in [4.78, 5) is 10.2. The van der Waals surface area contributed by atoms with Gasteiger partial charge in [0.2, 0.25) is 0 Å². The van der Waals surface area contributed by atoms with E-state index < -0.39 is 12.7 Å². The van der Waals surface area contributed by atoms with Crippen molar-refractivity contribution in [3.8, 4) is 78.6 Å². The smallest absolute Gasteiger partial charge is 0.149 e. The normalized spacial score (nSPS) is 12.8. The number of aryl methyl sites for hydroxylation is 1. The fraction of sp³-hybridized carbons (Fsp3) is 0.0769. The fourth-order valence-electron chi connectivity index (χ4n) is 7.42. The first-order valence-electron chi connectivity index (χ1n) is 20.7. The van der Waals surface area contributed by atoms with Crippen molar-refractivity contribution in [3.63, 3.8) is 0 Å². The highest BCUT2D eigenvalue weighted by Crippen LogP contribution is 2.41. The molecule has 7 aromatic carbocycles. The van der Waals surface area contributed by atoms with Crippen LogP contribution in [-0.4, -0.2) is 19.6 Å². The summed E-state index contributed by atoms with van der Waals surface area (Å²) in [6.07, 6.45) is 1.79. The van der Waals surface area contributed by atoms with E-state index in [0.29, 0.717) is 17.0 Å². The summed E-state index contributed by atoms with van der Waals surface area (Å²) in [5.41, 5.74) is 13.6. The molecule has 4 heteroatoms. The number of nitrogens with zero attached hydrogens (tertiary/aromatic N) is 3. The molecule has 0 aliphatic carbocycles. The molecule has 0 saturated carbocycles. The number of phenols is 1. The number of phenolic OH excluding ortho intramolecular Hbond substituents is 1. The topological polar surface area (TPSA) is 50.9 Å². The highest BCUT2D eigenvalue weighted by atomic mass is 16.3. The zero-order valence-corrected chi connectivity index (χ0v) is 31.1. The Labute approximate surface area is 333 Å². The molecular weight excluding hydrogens is 683 g/mol. The summed E-state index contributed by atoms with van der Waals surface area (Å²) in [7, 11) is 0. The van der Waals surface area contributed by atoms with E-state index in [0.717, 1.165) is 78.0 Å². The number of hydrogen-bond donors (Lipinski definition) is 1. The minimum atomic E-state index is -2.18. The van der Waals surface area contributed by atoms with Crippen molar-refractivity contribution in [1.29, 1.82) is 0 Å². The Hall–Kier alpha value is -7.04. The van der Waals surface area contributed by atoms with E-state index in [-0.39, 0.29) is 5.75 Å². The molecule has 9 aromatic rings. The third kappa shape index (κ3) is 6.67. The molecular formula is C52H41N3O. The summed E-state index contributed by atoms with van der Waals surface area (Å²) in [6, 6.07) is 57.6. The lowest BCUT2D eigenvalue weighted by Gasteiger charge is -2.16. The molecule has 0 atom stereocenters. The quantitative estimate of drug-likeness (QED) is 0.170. The molecule has 0 bridgehead atoms. The van der Waals surface area contributed by atoms with Crippen LogP contribution in [0.25, 0.3) is 83.9 Å². The van der Waals surface area contributed by atoms with E-state index >= 15 is 0 Å². The van der Waals surface area contributed by atoms with Crippen LogP contribution in [0.1, 0.15) is 36.4 Å². The summed E-state index contributed by atoms with van der Waals surface area (Å²) >= 11 is 0. The van der Waals surface area contributed by atoms with Gasteiger partial charge in [-0.25, -0.2) is 4.98 Å². The van der Waals surface area contributed by atoms with Gasteiger partial charge in [-0.2, -0.15) is 0 Å². The first-order chi connectivity index (χ1) is 28.9. The number of rotatable bonds is 8. The number of para-hydroxylation sites is 2. The van der Waals surface area contributed by atoms with Crippen LogP contribution in [0.2, 0.25) is 0 Å². The molecule has 0 fully saturated rings. The number of hydrogen-bond acceptors (Lipinski definition) is 3. The Balaban J connectivity index is 1.27. The van der Waals surface area contributed by atoms with Crippen molar-refractivity contribution in [3.05, 3.63) is 193 Å². The zero-order chi connectivity index (χ0) is 41.6. The van der Waals surface area contributed by atoms with Crippen molar-refractivity contribution in [2.75, 3.05) is 0 Å². The maximum Gasteiger partial charge on any atom is 0.149 e. The SMILES string of the molecule is [2H]C([2H])([2H])c1ccc(-c2ccnc(-c3cc(-c4ccccc4)cc(-c4cccc5c4nc(-c4ccccc4O)n5-c4cc(-c5ccccc5)cc(C([2H])(C)C)c4)c3)c2)cc1. The maximum atomic E-state index is 11.3. The number of benzene rings is 7. The predicted octanol–water partition coefficient (Wildman–Crippen LogP) is 13.6. The van der Waals surface area contributed by atoms with Crippen LogP contribution in [0, 0.1) is 6.85 Å². The summed E-state index contributed by atoms with van der Waals surface area (Å²) < 4.78 is 34.6. The Morgan fingerprint density at radius 3 is 1.91 bits per heavy atom. The van der Waals surface area contributed by atoms with Gasteiger partial charge in [-0.3, -0.25) is 9.55 Å². The molecule has 0 aliphatic heterocycles. The Bertz CT molecular complexity index is 3000. The highest BCUT2D eigenvalue weighted by Gasteiger charge is 2.21. The molecule has 56 heavy (non-hydrogen) atoms. The molecule has 9 rings (SSSR count). The molecule has 270 valence electrons. The Morgan fingerprint density at radius 1 is 0.554 bits per heavy atom. The summed E-state index contributed by atoms with van der Waals surface area (Å²) in [5, 5.41) is 11.3. The molecule has 0 saturated heterocycles. The lowest BCUT2D eigenvalue weighted by Crippen LogP contribution is -2.01. The van der Waals surface area contributed by atoms with Crippen molar-refractivity contribution >= 4 is 11.0 Å². The molecule has 0 aliphatic rings. The molecule has 1 N–H and O–H groups in total. The second kappa shape index (κ2) is 14.7. The highest BCUT2D eigenvalue weighted by molar-refractivity contribution is 5.97. The van der Waals surface area contributed by atoms with Gasteiger partial charge in [0.05, 0.1) is 22.3 Å². The monoisotopic (exact) mass is 727 g/mol. The standard InChI is InChI=1S/C52H41N3O/c1-34(2)40-27-42(37-15-8-5-9-16-37)32-45(31-40)55-49-19-12-18-46(51(49)54-52(55)47-17-10-11-20-50(47)56)43-28-41(36-13-6-4-7-14-36)29-44(30-43)48-33-39(25-26-53-48)38-23-21-35(3)22-24-38/h4-34,56H,1-3H3/i3D3,34D. The van der Waals surface area contributed by atoms with E-state index in [1.807, 2.05) is 92.7 Å². The number of aromatic nitrogens is 3. The second-order valence-corrected chi connectivity index (χ2v) is 14.3. The van der Waals surface area contributed by atoms with Gasteiger partial charge in [0, 0.05) is 28.5 Å². The molecule has 2 heterocycles. The third-order valence-electron chi connectivity index (χ3n) is 10.3. The van der Waals surface area contributed by atoms with Crippen molar-refractivity contribution in [1.82, 2.24) is 14.5 Å². The largest absolute Gasteiger partial charge is 0.507 e. The minimum Gasteiger partial charge on any atom is -0.507 e. The Kier molecular flexibility index (Phi) is 7.93. The van der Waals surface area contributed by atoms with Crippen LogP contribution in [0.15, 0.2) is 182 Å². The van der Waals surface area contributed by atoms with Crippen LogP contribution >= 0.6 is 0 Å². The van der Waals surface area contributed by atoms with Crippen LogP contribution in [-0.2, 0) is 0 Å². The van der Waals surface area contributed by atoms with E-state index in [1.54, 1.807) is 30.5 Å². The van der Waals surface area contributed by atoms with E-state index in [1.165, 1.54) is 0 Å². The van der Waals surface area contributed by atoms with Crippen LogP contribution in [0.4, 0.5) is 0 Å². The van der Waals surface area contributed by atoms with Gasteiger partial charge in [0.15, 0.2) is 0 Å². The van der Waals surface area contributed by atoms with Crippen molar-refractivity contribution in [2.24, 2.45) is 0 Å². The lowest BCUT2D eigenvalue weighted by molar-refractivity contribution is 0.477. The molecule has 0 spiro atoms. The lowest BCUT2D eigenvalue weighted by atomic mass is 9.93. The van der Waals surface area contributed by atoms with Crippen molar-refractivity contribution < 1.29 is 10.6 Å². The second-order valence-electron chi connectivity index (χ2n) is 14.3. The summed E-state index contributed by atoms with van der Waals surface area (Å²) in [6.45, 7) is 1.62. The number of imidazole rings is 1. The predicted molar refractivity (Wildman–Crippen MR) is 232 cm³/mol. The van der Waals surface area contributed by atoms with Crippen LogP contribution < -0.4 is 0 Å². The number of fused-ring (bicyclic) bond motifs is 1. The third-order valence-corrected chi connectivity index (χ3v) is 10.3. The van der Waals surface area contributed by atoms with Gasteiger partial charge in [-0.15, -0.1) is 0 Å². The van der Waals surface area contributed by atoms with E-state index in [4.69, 9.17) is 15.5 Å². The van der Waals surface area contributed by atoms with Gasteiger partial charge >= 0.3 is 0 Å². The fourth-order valence-corrected chi connectivity index (χ4v) is 7.42. The maximum absolute atomic E-state index is 11.3. The van der Waals surface area contributed by atoms with Gasteiger partial charge in [-0.05, 0) is 118 Å². The number of aromatic hydroxyl groups is 1. The van der Waals surface area contributed by atoms with Gasteiger partial charge < -0.3 is 5.11 Å². The molecule has 0 amide bonds. The van der Waals surface area contributed by atoms with Gasteiger partial charge in [-0.1, -0.05) is 135 Å². The van der Waals surface area contributed by atoms with Gasteiger partial charge in [0.25, 0.3) is 0 Å². The molecule has 2 aromatic heterocycles. The summed E-state index contributed by atoms with van der Waals surface area (Å²) in [5.74, 6) is -0.201. The number of pyridine rings is 1. The van der Waals surface area contributed by atoms with Crippen LogP contribution in [0.3, 0.4) is 0 Å².